The molecule has 1 atom stereocenters. The fraction of sp³-hybridized carbons (Fsp3) is 0.382. The average molecular weight is 674 g/mol. The Bertz CT molecular complexity index is 1600. The van der Waals surface area contributed by atoms with Crippen LogP contribution in [0, 0.1) is 5.82 Å². The lowest BCUT2D eigenvalue weighted by atomic mass is 9.99. The standard InChI is InChI=1S/C34H37FN4O3S.2ClH/c35-26-19-27(38-14-10-36-11-15-38)21-30(20-26)41-28-6-12-39(13-7-28)34(40)25-3-4-32(42-29-5-9-37-22-29)31(17-25)24-2-1-23-8-16-43-33(23)18-24;;/h1-4,8,16-21,28-29,36-37H,5-7,9-15,22H2;2*1H/t29-;;/m0../s1. The highest BCUT2D eigenvalue weighted by molar-refractivity contribution is 7.17. The molecular formula is C34H39Cl2FN4O3S. The number of piperidine rings is 1. The van der Waals surface area contributed by atoms with Gasteiger partial charge in [0.15, 0.2) is 0 Å². The molecule has 7 nitrogen and oxygen atoms in total. The highest BCUT2D eigenvalue weighted by atomic mass is 35.5. The number of piperazine rings is 1. The van der Waals surface area contributed by atoms with E-state index in [9.17, 15) is 9.18 Å². The van der Waals surface area contributed by atoms with Gasteiger partial charge in [-0.1, -0.05) is 12.1 Å². The fourth-order valence-corrected chi connectivity index (χ4v) is 7.12. The molecule has 7 rings (SSSR count). The zero-order chi connectivity index (χ0) is 29.2. The summed E-state index contributed by atoms with van der Waals surface area (Å²) in [7, 11) is 0. The molecule has 45 heavy (non-hydrogen) atoms. The lowest BCUT2D eigenvalue weighted by molar-refractivity contribution is 0.0595. The van der Waals surface area contributed by atoms with Crippen molar-refractivity contribution in [2.45, 2.75) is 31.5 Å². The van der Waals surface area contributed by atoms with E-state index >= 15 is 0 Å². The van der Waals surface area contributed by atoms with Crippen molar-refractivity contribution in [1.82, 2.24) is 15.5 Å². The van der Waals surface area contributed by atoms with Crippen LogP contribution in [0.3, 0.4) is 0 Å². The predicted molar refractivity (Wildman–Crippen MR) is 185 cm³/mol. The van der Waals surface area contributed by atoms with Crippen LogP contribution in [0.1, 0.15) is 29.6 Å². The van der Waals surface area contributed by atoms with E-state index in [0.717, 1.165) is 68.3 Å². The maximum absolute atomic E-state index is 14.5. The molecule has 1 amide bonds. The van der Waals surface area contributed by atoms with Crippen LogP contribution in [0.15, 0.2) is 66.0 Å². The first kappa shape index (κ1) is 33.3. The van der Waals surface area contributed by atoms with Gasteiger partial charge >= 0.3 is 0 Å². The van der Waals surface area contributed by atoms with E-state index in [-0.39, 0.29) is 48.7 Å². The lowest BCUT2D eigenvalue weighted by Crippen LogP contribution is -2.43. The number of amides is 1. The first-order valence-corrected chi connectivity index (χ1v) is 16.2. The Balaban J connectivity index is 0.00000200. The third-order valence-corrected chi connectivity index (χ3v) is 9.55. The molecule has 3 aliphatic rings. The molecule has 2 N–H and O–H groups in total. The van der Waals surface area contributed by atoms with Crippen LogP contribution in [0.5, 0.6) is 11.5 Å². The third-order valence-electron chi connectivity index (χ3n) is 8.67. The van der Waals surface area contributed by atoms with Crippen LogP contribution in [0.2, 0.25) is 0 Å². The van der Waals surface area contributed by atoms with Crippen molar-refractivity contribution < 1.29 is 18.7 Å². The summed E-state index contributed by atoms with van der Waals surface area (Å²) in [6.07, 6.45) is 2.42. The normalized spacial score (nSPS) is 18.7. The molecule has 0 unspecified atom stereocenters. The number of hydrogen-bond acceptors (Lipinski definition) is 7. The summed E-state index contributed by atoms with van der Waals surface area (Å²) in [5.41, 5.74) is 3.50. The van der Waals surface area contributed by atoms with Gasteiger partial charge in [-0.3, -0.25) is 4.79 Å². The number of anilines is 1. The average Bonchev–Trinajstić information content (AvgIpc) is 3.73. The smallest absolute Gasteiger partial charge is 0.253 e. The Hall–Kier alpha value is -3.08. The summed E-state index contributed by atoms with van der Waals surface area (Å²) in [6, 6.07) is 19.4. The van der Waals surface area contributed by atoms with Gasteiger partial charge in [-0.05, 0) is 65.7 Å². The van der Waals surface area contributed by atoms with Crippen molar-refractivity contribution in [3.05, 3.63) is 77.4 Å². The van der Waals surface area contributed by atoms with E-state index in [0.29, 0.717) is 37.2 Å². The maximum Gasteiger partial charge on any atom is 0.253 e. The van der Waals surface area contributed by atoms with Crippen molar-refractivity contribution in [2.75, 3.05) is 57.3 Å². The highest BCUT2D eigenvalue weighted by Crippen LogP contribution is 2.36. The van der Waals surface area contributed by atoms with Gasteiger partial charge in [0, 0.05) is 92.3 Å². The largest absolute Gasteiger partial charge is 0.490 e. The molecule has 3 saturated heterocycles. The van der Waals surface area contributed by atoms with Gasteiger partial charge in [0.2, 0.25) is 0 Å². The molecular weight excluding hydrogens is 634 g/mol. The summed E-state index contributed by atoms with van der Waals surface area (Å²) in [6.45, 7) is 6.42. The van der Waals surface area contributed by atoms with Crippen molar-refractivity contribution in [3.8, 4) is 22.6 Å². The van der Waals surface area contributed by atoms with Gasteiger partial charge in [-0.15, -0.1) is 36.2 Å². The number of halogens is 3. The molecule has 0 bridgehead atoms. The minimum atomic E-state index is -0.288. The number of carbonyl (C=O) groups excluding carboxylic acids is 1. The number of ether oxygens (including phenoxy) is 2. The monoisotopic (exact) mass is 672 g/mol. The van der Waals surface area contributed by atoms with Gasteiger partial charge in [0.1, 0.15) is 29.5 Å². The van der Waals surface area contributed by atoms with E-state index in [1.165, 1.54) is 16.2 Å². The zero-order valence-corrected chi connectivity index (χ0v) is 27.5. The molecule has 3 aliphatic heterocycles. The Morgan fingerprint density at radius 2 is 1.64 bits per heavy atom. The maximum atomic E-state index is 14.5. The number of benzene rings is 3. The van der Waals surface area contributed by atoms with Crippen LogP contribution >= 0.6 is 36.2 Å². The fourth-order valence-electron chi connectivity index (χ4n) is 6.30. The molecule has 0 aliphatic carbocycles. The summed E-state index contributed by atoms with van der Waals surface area (Å²) in [5.74, 6) is 1.09. The third kappa shape index (κ3) is 7.67. The summed E-state index contributed by atoms with van der Waals surface area (Å²) < 4.78 is 28.3. The molecule has 1 aromatic heterocycles. The van der Waals surface area contributed by atoms with E-state index in [4.69, 9.17) is 9.47 Å². The summed E-state index contributed by atoms with van der Waals surface area (Å²) in [4.78, 5) is 17.8. The molecule has 11 heteroatoms. The van der Waals surface area contributed by atoms with Gasteiger partial charge in [-0.25, -0.2) is 4.39 Å². The Kier molecular flexibility index (Phi) is 11.1. The minimum Gasteiger partial charge on any atom is -0.490 e. The number of nitrogens with one attached hydrogen (secondary N) is 2. The van der Waals surface area contributed by atoms with Gasteiger partial charge < -0.3 is 29.9 Å². The molecule has 4 aromatic rings. The minimum absolute atomic E-state index is 0. The number of nitrogens with zero attached hydrogens (tertiary/aromatic N) is 2. The molecule has 0 radical (unpaired) electrons. The number of thiophene rings is 1. The van der Waals surface area contributed by atoms with E-state index in [1.807, 2.05) is 29.2 Å². The predicted octanol–water partition coefficient (Wildman–Crippen LogP) is 6.38. The van der Waals surface area contributed by atoms with E-state index < -0.39 is 0 Å². The Labute approximate surface area is 279 Å². The van der Waals surface area contributed by atoms with Gasteiger partial charge in [-0.2, -0.15) is 0 Å². The van der Waals surface area contributed by atoms with Crippen molar-refractivity contribution >= 4 is 57.8 Å². The lowest BCUT2D eigenvalue weighted by Gasteiger charge is -2.33. The number of hydrogen-bond donors (Lipinski definition) is 2. The van der Waals surface area contributed by atoms with Crippen LogP contribution in [-0.4, -0.2) is 75.4 Å². The second-order valence-electron chi connectivity index (χ2n) is 11.6. The summed E-state index contributed by atoms with van der Waals surface area (Å²) in [5, 5.41) is 10.0. The summed E-state index contributed by atoms with van der Waals surface area (Å²) >= 11 is 1.71. The van der Waals surface area contributed by atoms with Crippen LogP contribution in [-0.2, 0) is 0 Å². The molecule has 0 spiro atoms. The molecule has 240 valence electrons. The molecule has 3 aromatic carbocycles. The zero-order valence-electron chi connectivity index (χ0n) is 25.0. The van der Waals surface area contributed by atoms with Crippen molar-refractivity contribution in [2.24, 2.45) is 0 Å². The topological polar surface area (TPSA) is 66.1 Å². The first-order valence-electron chi connectivity index (χ1n) is 15.3. The van der Waals surface area contributed by atoms with Crippen LogP contribution in [0.25, 0.3) is 21.2 Å². The second-order valence-corrected chi connectivity index (χ2v) is 12.6. The SMILES string of the molecule is Cl.Cl.O=C(c1ccc(O[C@H]2CCNC2)c(-c2ccc3ccsc3c2)c1)N1CCC(Oc2cc(F)cc(N3CCNCC3)c2)CC1. The van der Waals surface area contributed by atoms with Crippen molar-refractivity contribution in [1.29, 1.82) is 0 Å². The molecule has 4 heterocycles. The van der Waals surface area contributed by atoms with E-state index in [1.54, 1.807) is 17.4 Å². The number of likely N-dealkylation sites (tertiary alicyclic amines) is 1. The van der Waals surface area contributed by atoms with Crippen LogP contribution < -0.4 is 25.0 Å². The Morgan fingerprint density at radius 1 is 0.822 bits per heavy atom. The number of carbonyl (C=O) groups is 1. The first-order chi connectivity index (χ1) is 21.1. The van der Waals surface area contributed by atoms with Crippen molar-refractivity contribution in [3.63, 3.8) is 0 Å². The van der Waals surface area contributed by atoms with Gasteiger partial charge in [0.25, 0.3) is 5.91 Å². The van der Waals surface area contributed by atoms with Gasteiger partial charge in [0.05, 0.1) is 0 Å². The highest BCUT2D eigenvalue weighted by Gasteiger charge is 2.27. The quantitative estimate of drug-likeness (QED) is 0.237. The number of rotatable bonds is 7. The Morgan fingerprint density at radius 3 is 2.42 bits per heavy atom. The molecule has 3 fully saturated rings. The van der Waals surface area contributed by atoms with Crippen LogP contribution in [0.4, 0.5) is 10.1 Å². The second kappa shape index (κ2) is 15.0. The number of fused-ring (bicyclic) bond motifs is 1. The van der Waals surface area contributed by atoms with E-state index in [2.05, 4.69) is 45.2 Å². The molecule has 0 saturated carbocycles.